The quantitative estimate of drug-likeness (QED) is 0.538. The minimum absolute atomic E-state index is 0.199. The van der Waals surface area contributed by atoms with E-state index in [1.807, 2.05) is 30.5 Å². The Morgan fingerprint density at radius 2 is 2.12 bits per heavy atom. The summed E-state index contributed by atoms with van der Waals surface area (Å²) in [4.78, 5) is 18.1. The molecule has 0 aliphatic carbocycles. The van der Waals surface area contributed by atoms with Crippen LogP contribution in [0.5, 0.6) is 5.75 Å². The van der Waals surface area contributed by atoms with Crippen LogP contribution >= 0.6 is 34.7 Å². The largest absolute Gasteiger partial charge is 0.497 e. The number of nitrogens with zero attached hydrogens (tertiary/aromatic N) is 1. The van der Waals surface area contributed by atoms with Gasteiger partial charge in [0.2, 0.25) is 0 Å². The first-order valence-corrected chi connectivity index (χ1v) is 10.1. The Balaban J connectivity index is 1.75. The van der Waals surface area contributed by atoms with Crippen molar-refractivity contribution in [3.05, 3.63) is 69.1 Å². The Hall–Kier alpha value is -2.02. The van der Waals surface area contributed by atoms with E-state index in [9.17, 15) is 4.79 Å². The van der Waals surface area contributed by atoms with Gasteiger partial charge in [0, 0.05) is 22.1 Å². The maximum absolute atomic E-state index is 12.7. The van der Waals surface area contributed by atoms with Crippen LogP contribution in [0.4, 0.5) is 5.69 Å². The minimum Gasteiger partial charge on any atom is -0.497 e. The maximum atomic E-state index is 12.7. The van der Waals surface area contributed by atoms with E-state index in [-0.39, 0.29) is 5.91 Å². The smallest absolute Gasteiger partial charge is 0.256 e. The Bertz CT molecular complexity index is 927. The number of aryl methyl sites for hydroxylation is 1. The first-order chi connectivity index (χ1) is 12.6. The van der Waals surface area contributed by atoms with Gasteiger partial charge in [-0.2, -0.15) is 0 Å². The van der Waals surface area contributed by atoms with Crippen molar-refractivity contribution in [2.24, 2.45) is 0 Å². The molecule has 1 amide bonds. The molecule has 3 rings (SSSR count). The van der Waals surface area contributed by atoms with Crippen molar-refractivity contribution in [2.45, 2.75) is 17.6 Å². The summed E-state index contributed by atoms with van der Waals surface area (Å²) in [6, 6.07) is 12.7. The lowest BCUT2D eigenvalue weighted by Gasteiger charge is -2.11. The van der Waals surface area contributed by atoms with Gasteiger partial charge >= 0.3 is 0 Å². The number of amides is 1. The number of ether oxygens (including phenoxy) is 1. The SMILES string of the molecule is COc1ccc(NC(=O)c2ccccc2SCc2csc(C)n2)c(Cl)c1. The van der Waals surface area contributed by atoms with E-state index >= 15 is 0 Å². The van der Waals surface area contributed by atoms with E-state index < -0.39 is 0 Å². The van der Waals surface area contributed by atoms with Gasteiger partial charge in [-0.15, -0.1) is 23.1 Å². The second-order valence-corrected chi connectivity index (χ2v) is 7.93. The summed E-state index contributed by atoms with van der Waals surface area (Å²) in [5.74, 6) is 1.16. The van der Waals surface area contributed by atoms with Gasteiger partial charge < -0.3 is 10.1 Å². The molecule has 7 heteroatoms. The molecule has 0 saturated carbocycles. The molecule has 4 nitrogen and oxygen atoms in total. The third-order valence-corrected chi connectivity index (χ3v) is 5.84. The fourth-order valence-electron chi connectivity index (χ4n) is 2.32. The predicted molar refractivity (Wildman–Crippen MR) is 109 cm³/mol. The number of rotatable bonds is 6. The lowest BCUT2D eigenvalue weighted by molar-refractivity contribution is 0.102. The standard InChI is InChI=1S/C19H17ClN2O2S2/c1-12-21-13(10-25-12)11-26-18-6-4-3-5-15(18)19(23)22-17-8-7-14(24-2)9-16(17)20/h3-10H,11H2,1-2H3,(H,22,23). The number of hydrogen-bond donors (Lipinski definition) is 1. The van der Waals surface area contributed by atoms with Crippen LogP contribution in [0.3, 0.4) is 0 Å². The second-order valence-electron chi connectivity index (χ2n) is 5.44. The van der Waals surface area contributed by atoms with E-state index in [0.29, 0.717) is 22.0 Å². The average Bonchev–Trinajstić information content (AvgIpc) is 3.07. The number of hydrogen-bond acceptors (Lipinski definition) is 5. The predicted octanol–water partition coefficient (Wildman–Crippen LogP) is 5.66. The highest BCUT2D eigenvalue weighted by molar-refractivity contribution is 7.98. The summed E-state index contributed by atoms with van der Waals surface area (Å²) in [5.41, 5.74) is 2.18. The zero-order chi connectivity index (χ0) is 18.5. The second kappa shape index (κ2) is 8.58. The molecule has 134 valence electrons. The molecule has 26 heavy (non-hydrogen) atoms. The molecule has 1 N–H and O–H groups in total. The number of carbonyl (C=O) groups is 1. The molecule has 0 unspecified atom stereocenters. The molecule has 1 aromatic heterocycles. The van der Waals surface area contributed by atoms with Crippen LogP contribution in [-0.2, 0) is 5.75 Å². The average molecular weight is 405 g/mol. The Kier molecular flexibility index (Phi) is 6.19. The lowest BCUT2D eigenvalue weighted by Crippen LogP contribution is -2.13. The molecule has 0 aliphatic heterocycles. The van der Waals surface area contributed by atoms with Gasteiger partial charge in [-0.25, -0.2) is 4.98 Å². The molecule has 2 aromatic carbocycles. The number of nitrogens with one attached hydrogen (secondary N) is 1. The van der Waals surface area contributed by atoms with Crippen molar-refractivity contribution in [2.75, 3.05) is 12.4 Å². The highest BCUT2D eigenvalue weighted by Gasteiger charge is 2.14. The number of halogens is 1. The first-order valence-electron chi connectivity index (χ1n) is 7.84. The third kappa shape index (κ3) is 4.58. The summed E-state index contributed by atoms with van der Waals surface area (Å²) < 4.78 is 5.13. The van der Waals surface area contributed by atoms with Gasteiger partial charge in [0.15, 0.2) is 0 Å². The highest BCUT2D eigenvalue weighted by Crippen LogP contribution is 2.30. The number of carbonyl (C=O) groups excluding carboxylic acids is 1. The van der Waals surface area contributed by atoms with Crippen molar-refractivity contribution in [3.63, 3.8) is 0 Å². The number of benzene rings is 2. The highest BCUT2D eigenvalue weighted by atomic mass is 35.5. The van der Waals surface area contributed by atoms with Gasteiger partial charge in [0.05, 0.1) is 34.1 Å². The molecule has 0 saturated heterocycles. The molecular formula is C19H17ClN2O2S2. The summed E-state index contributed by atoms with van der Waals surface area (Å²) in [7, 11) is 1.57. The van der Waals surface area contributed by atoms with Crippen molar-refractivity contribution in [1.82, 2.24) is 4.98 Å². The van der Waals surface area contributed by atoms with Crippen LogP contribution in [0, 0.1) is 6.92 Å². The lowest BCUT2D eigenvalue weighted by atomic mass is 10.2. The number of thiazole rings is 1. The van der Waals surface area contributed by atoms with Crippen LogP contribution < -0.4 is 10.1 Å². The van der Waals surface area contributed by atoms with Crippen molar-refractivity contribution in [1.29, 1.82) is 0 Å². The van der Waals surface area contributed by atoms with Crippen molar-refractivity contribution >= 4 is 46.3 Å². The molecule has 0 fully saturated rings. The Morgan fingerprint density at radius 3 is 2.81 bits per heavy atom. The molecule has 0 bridgehead atoms. The van der Waals surface area contributed by atoms with E-state index in [0.717, 1.165) is 21.3 Å². The molecule has 0 radical (unpaired) electrons. The fourth-order valence-corrected chi connectivity index (χ4v) is 4.20. The monoisotopic (exact) mass is 404 g/mol. The van der Waals surface area contributed by atoms with E-state index in [1.54, 1.807) is 54.5 Å². The van der Waals surface area contributed by atoms with Gasteiger partial charge in [-0.1, -0.05) is 23.7 Å². The summed E-state index contributed by atoms with van der Waals surface area (Å²) in [6.45, 7) is 1.98. The molecule has 3 aromatic rings. The van der Waals surface area contributed by atoms with E-state index in [1.165, 1.54) is 0 Å². The number of anilines is 1. The van der Waals surface area contributed by atoms with Gasteiger partial charge in [0.1, 0.15) is 5.75 Å². The Labute approximate surface area is 165 Å². The third-order valence-electron chi connectivity index (χ3n) is 3.60. The van der Waals surface area contributed by atoms with Crippen molar-refractivity contribution < 1.29 is 9.53 Å². The van der Waals surface area contributed by atoms with Crippen LogP contribution in [0.15, 0.2) is 52.7 Å². The molecule has 0 atom stereocenters. The topological polar surface area (TPSA) is 51.2 Å². The number of aromatic nitrogens is 1. The summed E-state index contributed by atoms with van der Waals surface area (Å²) in [6.07, 6.45) is 0. The van der Waals surface area contributed by atoms with E-state index in [4.69, 9.17) is 16.3 Å². The normalized spacial score (nSPS) is 10.6. The Morgan fingerprint density at radius 1 is 1.31 bits per heavy atom. The number of thioether (sulfide) groups is 1. The van der Waals surface area contributed by atoms with Crippen LogP contribution in [0.25, 0.3) is 0 Å². The maximum Gasteiger partial charge on any atom is 0.256 e. The van der Waals surface area contributed by atoms with Crippen LogP contribution in [0.2, 0.25) is 5.02 Å². The van der Waals surface area contributed by atoms with E-state index in [2.05, 4.69) is 10.3 Å². The van der Waals surface area contributed by atoms with Gasteiger partial charge in [-0.3, -0.25) is 4.79 Å². The zero-order valence-corrected chi connectivity index (χ0v) is 16.7. The molecule has 0 spiro atoms. The van der Waals surface area contributed by atoms with Crippen LogP contribution in [-0.4, -0.2) is 18.0 Å². The molecular weight excluding hydrogens is 388 g/mol. The van der Waals surface area contributed by atoms with Gasteiger partial charge in [-0.05, 0) is 31.2 Å². The van der Waals surface area contributed by atoms with Crippen LogP contribution in [0.1, 0.15) is 21.1 Å². The molecule has 0 aliphatic rings. The molecule has 1 heterocycles. The summed E-state index contributed by atoms with van der Waals surface area (Å²) in [5, 5.41) is 6.38. The fraction of sp³-hybridized carbons (Fsp3) is 0.158. The first kappa shape index (κ1) is 18.8. The van der Waals surface area contributed by atoms with Gasteiger partial charge in [0.25, 0.3) is 5.91 Å². The zero-order valence-electron chi connectivity index (χ0n) is 14.3. The van der Waals surface area contributed by atoms with Crippen molar-refractivity contribution in [3.8, 4) is 5.75 Å². The number of methoxy groups -OCH3 is 1. The summed E-state index contributed by atoms with van der Waals surface area (Å²) >= 11 is 9.44. The minimum atomic E-state index is -0.199.